The molecule has 0 spiro atoms. The number of nitrogens with zero attached hydrogens (tertiary/aromatic N) is 3. The van der Waals surface area contributed by atoms with Crippen LogP contribution >= 0.6 is 0 Å². The molecule has 1 aliphatic heterocycles. The van der Waals surface area contributed by atoms with Crippen LogP contribution in [0.3, 0.4) is 0 Å². The fraction of sp³-hybridized carbons (Fsp3) is 0.320. The first-order valence-electron chi connectivity index (χ1n) is 11.3. The van der Waals surface area contributed by atoms with Crippen molar-refractivity contribution in [3.05, 3.63) is 60.0 Å². The lowest BCUT2D eigenvalue weighted by atomic mass is 9.97. The summed E-state index contributed by atoms with van der Waals surface area (Å²) in [4.78, 5) is 42.3. The lowest BCUT2D eigenvalue weighted by molar-refractivity contribution is -0.116. The highest BCUT2D eigenvalue weighted by Crippen LogP contribution is 2.29. The molecule has 176 valence electrons. The molecule has 0 radical (unpaired) electrons. The molecule has 1 aliphatic rings. The molecule has 3 amide bonds. The van der Waals surface area contributed by atoms with Gasteiger partial charge in [-0.15, -0.1) is 0 Å². The van der Waals surface area contributed by atoms with Gasteiger partial charge < -0.3 is 20.1 Å². The zero-order valence-electron chi connectivity index (χ0n) is 19.2. The summed E-state index contributed by atoms with van der Waals surface area (Å²) in [6.45, 7) is 4.38. The largest absolute Gasteiger partial charge is 0.339 e. The number of hydrogen-bond acceptors (Lipinski definition) is 6. The van der Waals surface area contributed by atoms with Gasteiger partial charge in [0.05, 0.1) is 5.92 Å². The SMILES string of the molecule is CCC(=O)Nc1cccc(-c2noc([C@H]3CCCN(C(=O)c4ccc(NC(C)=O)cc4)C3)n2)c1. The van der Waals surface area contributed by atoms with E-state index in [1.54, 1.807) is 36.1 Å². The molecule has 2 heterocycles. The van der Waals surface area contributed by atoms with Crippen LogP contribution in [-0.4, -0.2) is 45.9 Å². The molecule has 9 nitrogen and oxygen atoms in total. The lowest BCUT2D eigenvalue weighted by Gasteiger charge is -2.31. The Balaban J connectivity index is 1.44. The number of nitrogens with one attached hydrogen (secondary N) is 2. The molecule has 3 aromatic rings. The quantitative estimate of drug-likeness (QED) is 0.572. The first-order valence-corrected chi connectivity index (χ1v) is 11.3. The van der Waals surface area contributed by atoms with Crippen molar-refractivity contribution >= 4 is 29.1 Å². The van der Waals surface area contributed by atoms with Gasteiger partial charge >= 0.3 is 0 Å². The minimum Gasteiger partial charge on any atom is -0.339 e. The summed E-state index contributed by atoms with van der Waals surface area (Å²) in [5.74, 6) is 0.590. The summed E-state index contributed by atoms with van der Waals surface area (Å²) < 4.78 is 5.56. The van der Waals surface area contributed by atoms with Gasteiger partial charge in [-0.25, -0.2) is 0 Å². The second-order valence-corrected chi connectivity index (χ2v) is 8.29. The molecule has 1 atom stereocenters. The molecule has 9 heteroatoms. The second kappa shape index (κ2) is 10.3. The van der Waals surface area contributed by atoms with Gasteiger partial charge in [-0.1, -0.05) is 24.2 Å². The molecule has 0 aliphatic carbocycles. The number of piperidine rings is 1. The number of carbonyl (C=O) groups is 3. The lowest BCUT2D eigenvalue weighted by Crippen LogP contribution is -2.39. The predicted molar refractivity (Wildman–Crippen MR) is 127 cm³/mol. The van der Waals surface area contributed by atoms with Crippen molar-refractivity contribution in [3.63, 3.8) is 0 Å². The molecule has 34 heavy (non-hydrogen) atoms. The van der Waals surface area contributed by atoms with E-state index >= 15 is 0 Å². The second-order valence-electron chi connectivity index (χ2n) is 8.29. The Morgan fingerprint density at radius 2 is 1.88 bits per heavy atom. The molecular formula is C25H27N5O4. The molecule has 2 N–H and O–H groups in total. The third kappa shape index (κ3) is 5.48. The number of aromatic nitrogens is 2. The fourth-order valence-corrected chi connectivity index (χ4v) is 3.95. The van der Waals surface area contributed by atoms with Crippen LogP contribution in [0.25, 0.3) is 11.4 Å². The zero-order valence-corrected chi connectivity index (χ0v) is 19.2. The van der Waals surface area contributed by atoms with Crippen molar-refractivity contribution in [2.45, 2.75) is 39.0 Å². The highest BCUT2D eigenvalue weighted by atomic mass is 16.5. The van der Waals surface area contributed by atoms with E-state index in [9.17, 15) is 14.4 Å². The van der Waals surface area contributed by atoms with Crippen molar-refractivity contribution in [2.75, 3.05) is 23.7 Å². The van der Waals surface area contributed by atoms with Crippen LogP contribution in [0, 0.1) is 0 Å². The summed E-state index contributed by atoms with van der Waals surface area (Å²) in [5.41, 5.74) is 2.63. The Morgan fingerprint density at radius 3 is 2.62 bits per heavy atom. The van der Waals surface area contributed by atoms with E-state index in [0.717, 1.165) is 18.4 Å². The maximum absolute atomic E-state index is 13.0. The van der Waals surface area contributed by atoms with Crippen LogP contribution in [0.4, 0.5) is 11.4 Å². The van der Waals surface area contributed by atoms with Crippen molar-refractivity contribution in [3.8, 4) is 11.4 Å². The van der Waals surface area contributed by atoms with Gasteiger partial charge in [0.1, 0.15) is 0 Å². The number of hydrogen-bond donors (Lipinski definition) is 2. The average molecular weight is 462 g/mol. The van der Waals surface area contributed by atoms with E-state index in [2.05, 4.69) is 20.8 Å². The van der Waals surface area contributed by atoms with Crippen molar-refractivity contribution < 1.29 is 18.9 Å². The number of rotatable bonds is 6. The summed E-state index contributed by atoms with van der Waals surface area (Å²) in [6.07, 6.45) is 2.07. The van der Waals surface area contributed by atoms with Crippen LogP contribution in [0.15, 0.2) is 53.1 Å². The molecule has 0 unspecified atom stereocenters. The minimum absolute atomic E-state index is 0.0550. The van der Waals surface area contributed by atoms with Crippen LogP contribution in [0.1, 0.15) is 55.3 Å². The monoisotopic (exact) mass is 461 g/mol. The van der Waals surface area contributed by atoms with Gasteiger partial charge in [0, 0.05) is 48.9 Å². The Morgan fingerprint density at radius 1 is 1.09 bits per heavy atom. The normalized spacial score (nSPS) is 15.6. The van der Waals surface area contributed by atoms with Gasteiger partial charge in [0.15, 0.2) is 0 Å². The average Bonchev–Trinajstić information content (AvgIpc) is 3.34. The number of likely N-dealkylation sites (tertiary alicyclic amines) is 1. The zero-order chi connectivity index (χ0) is 24.1. The topological polar surface area (TPSA) is 117 Å². The standard InChI is InChI=1S/C25H27N5O4/c1-3-22(32)27-21-8-4-6-18(14-21)23-28-24(34-29-23)19-7-5-13-30(15-19)25(33)17-9-11-20(12-10-17)26-16(2)31/h4,6,8-12,14,19H,3,5,7,13,15H2,1-2H3,(H,26,31)(H,27,32)/t19-/m0/s1. The minimum atomic E-state index is -0.158. The Kier molecular flexibility index (Phi) is 7.01. The van der Waals surface area contributed by atoms with Gasteiger partial charge in [-0.05, 0) is 49.2 Å². The van der Waals surface area contributed by atoms with Crippen LogP contribution in [-0.2, 0) is 9.59 Å². The molecule has 4 rings (SSSR count). The highest BCUT2D eigenvalue weighted by Gasteiger charge is 2.29. The number of benzene rings is 2. The van der Waals surface area contributed by atoms with Crippen LogP contribution in [0.5, 0.6) is 0 Å². The number of anilines is 2. The first-order chi connectivity index (χ1) is 16.4. The van der Waals surface area contributed by atoms with Crippen molar-refractivity contribution in [2.24, 2.45) is 0 Å². The molecule has 0 saturated carbocycles. The van der Waals surface area contributed by atoms with E-state index in [1.165, 1.54) is 6.92 Å². The summed E-state index contributed by atoms with van der Waals surface area (Å²) >= 11 is 0. The predicted octanol–water partition coefficient (Wildman–Crippen LogP) is 4.06. The Labute approximate surface area is 197 Å². The maximum atomic E-state index is 13.0. The van der Waals surface area contributed by atoms with Gasteiger partial charge in [-0.3, -0.25) is 14.4 Å². The van der Waals surface area contributed by atoms with Crippen LogP contribution in [0.2, 0.25) is 0 Å². The van der Waals surface area contributed by atoms with Crippen molar-refractivity contribution in [1.82, 2.24) is 15.0 Å². The Bertz CT molecular complexity index is 1190. The summed E-state index contributed by atoms with van der Waals surface area (Å²) in [5, 5.41) is 9.65. The number of amides is 3. The molecule has 1 aromatic heterocycles. The van der Waals surface area contributed by atoms with Gasteiger partial charge in [-0.2, -0.15) is 4.98 Å². The summed E-state index contributed by atoms with van der Waals surface area (Å²) in [7, 11) is 0. The fourth-order valence-electron chi connectivity index (χ4n) is 3.95. The first kappa shape index (κ1) is 23.2. The van der Waals surface area contributed by atoms with E-state index in [4.69, 9.17) is 4.52 Å². The van der Waals surface area contributed by atoms with E-state index in [-0.39, 0.29) is 23.6 Å². The smallest absolute Gasteiger partial charge is 0.253 e. The van der Waals surface area contributed by atoms with Gasteiger partial charge in [0.2, 0.25) is 23.5 Å². The molecule has 1 fully saturated rings. The molecule has 2 aromatic carbocycles. The number of carbonyl (C=O) groups excluding carboxylic acids is 3. The third-order valence-electron chi connectivity index (χ3n) is 5.68. The van der Waals surface area contributed by atoms with Crippen LogP contribution < -0.4 is 10.6 Å². The molecule has 1 saturated heterocycles. The maximum Gasteiger partial charge on any atom is 0.253 e. The summed E-state index contributed by atoms with van der Waals surface area (Å²) in [6, 6.07) is 14.2. The Hall–Kier alpha value is -4.01. The van der Waals surface area contributed by atoms with E-state index in [1.807, 2.05) is 24.3 Å². The van der Waals surface area contributed by atoms with Crippen molar-refractivity contribution in [1.29, 1.82) is 0 Å². The van der Waals surface area contributed by atoms with E-state index < -0.39 is 0 Å². The highest BCUT2D eigenvalue weighted by molar-refractivity contribution is 5.95. The third-order valence-corrected chi connectivity index (χ3v) is 5.68. The molecular weight excluding hydrogens is 434 g/mol. The van der Waals surface area contributed by atoms with E-state index in [0.29, 0.717) is 48.2 Å². The van der Waals surface area contributed by atoms with Gasteiger partial charge in [0.25, 0.3) is 5.91 Å². The molecule has 0 bridgehead atoms.